The number of rotatable bonds is 5. The molecule has 0 amide bonds. The maximum absolute atomic E-state index is 10.7. The van der Waals surface area contributed by atoms with Crippen molar-refractivity contribution in [3.63, 3.8) is 0 Å². The fraction of sp³-hybridized carbons (Fsp3) is 0.333. The van der Waals surface area contributed by atoms with Crippen LogP contribution in [0.1, 0.15) is 18.9 Å². The first-order valence-electron chi connectivity index (χ1n) is 5.24. The number of hydrogen-bond acceptors (Lipinski definition) is 3. The van der Waals surface area contributed by atoms with Crippen LogP contribution in [0.2, 0.25) is 10.0 Å². The van der Waals surface area contributed by atoms with Crippen LogP contribution in [0.4, 0.5) is 0 Å². The minimum absolute atomic E-state index is 0.0392. The van der Waals surface area contributed by atoms with Gasteiger partial charge in [-0.1, -0.05) is 41.3 Å². The summed E-state index contributed by atoms with van der Waals surface area (Å²) in [7, 11) is 1.41. The van der Waals surface area contributed by atoms with Gasteiger partial charge in [0.2, 0.25) is 0 Å². The molecule has 1 N–H and O–H groups in total. The van der Waals surface area contributed by atoms with Gasteiger partial charge in [0.15, 0.2) is 0 Å². The van der Waals surface area contributed by atoms with Gasteiger partial charge in [-0.25, -0.2) is 0 Å². The standard InChI is InChI=1S/C12H13Cl2NO3/c1-7(5-11(16)17)12(15-18-2)8-3-4-9(13)10(14)6-8/h3-4,6-7H,5H2,1-2H3,(H,16,17)/b15-12+. The number of carboxylic acid groups (broad SMARTS) is 1. The molecule has 0 aliphatic rings. The maximum atomic E-state index is 10.7. The van der Waals surface area contributed by atoms with E-state index >= 15 is 0 Å². The first-order chi connectivity index (χ1) is 8.45. The van der Waals surface area contributed by atoms with E-state index in [0.29, 0.717) is 21.3 Å². The van der Waals surface area contributed by atoms with E-state index in [1.807, 2.05) is 0 Å². The second kappa shape index (κ2) is 6.61. The summed E-state index contributed by atoms with van der Waals surface area (Å²) in [5, 5.41) is 13.5. The smallest absolute Gasteiger partial charge is 0.304 e. The maximum Gasteiger partial charge on any atom is 0.304 e. The van der Waals surface area contributed by atoms with E-state index in [9.17, 15) is 4.79 Å². The molecule has 0 heterocycles. The van der Waals surface area contributed by atoms with Crippen LogP contribution in [-0.4, -0.2) is 23.9 Å². The molecule has 0 bridgehead atoms. The molecular weight excluding hydrogens is 277 g/mol. The summed E-state index contributed by atoms with van der Waals surface area (Å²) in [5.41, 5.74) is 1.22. The fourth-order valence-corrected chi connectivity index (χ4v) is 1.84. The molecule has 1 aromatic carbocycles. The molecule has 6 heteroatoms. The number of hydrogen-bond donors (Lipinski definition) is 1. The van der Waals surface area contributed by atoms with Crippen molar-refractivity contribution in [3.8, 4) is 0 Å². The van der Waals surface area contributed by atoms with Crippen LogP contribution in [0.25, 0.3) is 0 Å². The summed E-state index contributed by atoms with van der Waals surface area (Å²) < 4.78 is 0. The van der Waals surface area contributed by atoms with Crippen molar-refractivity contribution in [2.24, 2.45) is 11.1 Å². The molecule has 1 aromatic rings. The Morgan fingerprint density at radius 1 is 1.44 bits per heavy atom. The van der Waals surface area contributed by atoms with Crippen LogP contribution in [0, 0.1) is 5.92 Å². The number of halogens is 2. The van der Waals surface area contributed by atoms with E-state index in [0.717, 1.165) is 0 Å². The molecule has 4 nitrogen and oxygen atoms in total. The molecule has 0 aromatic heterocycles. The highest BCUT2D eigenvalue weighted by Gasteiger charge is 2.18. The molecule has 0 radical (unpaired) electrons. The van der Waals surface area contributed by atoms with Crippen molar-refractivity contribution in [1.82, 2.24) is 0 Å². The summed E-state index contributed by atoms with van der Waals surface area (Å²) in [6, 6.07) is 5.00. The quantitative estimate of drug-likeness (QED) is 0.667. The lowest BCUT2D eigenvalue weighted by Gasteiger charge is -2.12. The van der Waals surface area contributed by atoms with E-state index < -0.39 is 5.97 Å². The average Bonchev–Trinajstić information content (AvgIpc) is 2.29. The van der Waals surface area contributed by atoms with Gasteiger partial charge in [-0.2, -0.15) is 0 Å². The van der Waals surface area contributed by atoms with Gasteiger partial charge in [0.05, 0.1) is 22.2 Å². The normalized spacial score (nSPS) is 13.2. The summed E-state index contributed by atoms with van der Waals surface area (Å²) in [6.07, 6.45) is -0.0392. The number of benzene rings is 1. The predicted octanol–water partition coefficient (Wildman–Crippen LogP) is 3.45. The minimum Gasteiger partial charge on any atom is -0.481 e. The van der Waals surface area contributed by atoms with E-state index in [1.54, 1.807) is 25.1 Å². The number of carbonyl (C=O) groups is 1. The molecule has 0 saturated heterocycles. The van der Waals surface area contributed by atoms with E-state index in [1.165, 1.54) is 7.11 Å². The van der Waals surface area contributed by atoms with Crippen LogP contribution >= 0.6 is 23.2 Å². The van der Waals surface area contributed by atoms with Crippen molar-refractivity contribution in [2.75, 3.05) is 7.11 Å². The van der Waals surface area contributed by atoms with Crippen LogP contribution in [-0.2, 0) is 9.63 Å². The molecule has 0 fully saturated rings. The first kappa shape index (κ1) is 14.8. The SMILES string of the molecule is CO/N=C(/c1ccc(Cl)c(Cl)c1)C(C)CC(=O)O. The highest BCUT2D eigenvalue weighted by Crippen LogP contribution is 2.25. The van der Waals surface area contributed by atoms with E-state index in [2.05, 4.69) is 5.16 Å². The Labute approximate surface area is 115 Å². The Bertz CT molecular complexity index is 474. The lowest BCUT2D eigenvalue weighted by atomic mass is 9.95. The second-order valence-corrected chi connectivity index (χ2v) is 4.60. The van der Waals surface area contributed by atoms with Crippen LogP contribution in [0.5, 0.6) is 0 Å². The van der Waals surface area contributed by atoms with Gasteiger partial charge in [0.25, 0.3) is 0 Å². The predicted molar refractivity (Wildman–Crippen MR) is 71.4 cm³/mol. The highest BCUT2D eigenvalue weighted by molar-refractivity contribution is 6.42. The Hall–Kier alpha value is -1.26. The lowest BCUT2D eigenvalue weighted by molar-refractivity contribution is -0.137. The number of carboxylic acids is 1. The molecule has 0 spiro atoms. The Morgan fingerprint density at radius 3 is 2.61 bits per heavy atom. The van der Waals surface area contributed by atoms with E-state index in [4.69, 9.17) is 33.1 Å². The molecule has 1 atom stereocenters. The van der Waals surface area contributed by atoms with E-state index in [-0.39, 0.29) is 12.3 Å². The minimum atomic E-state index is -0.897. The zero-order chi connectivity index (χ0) is 13.7. The number of nitrogens with zero attached hydrogens (tertiary/aromatic N) is 1. The van der Waals surface area contributed by atoms with Crippen molar-refractivity contribution in [3.05, 3.63) is 33.8 Å². The van der Waals surface area contributed by atoms with Crippen LogP contribution in [0.3, 0.4) is 0 Å². The van der Waals surface area contributed by atoms with Gasteiger partial charge in [0.1, 0.15) is 7.11 Å². The Kier molecular flexibility index (Phi) is 5.44. The molecule has 0 aliphatic heterocycles. The molecule has 0 aliphatic carbocycles. The van der Waals surface area contributed by atoms with Crippen LogP contribution < -0.4 is 0 Å². The lowest BCUT2D eigenvalue weighted by Crippen LogP contribution is -2.17. The van der Waals surface area contributed by atoms with Crippen molar-refractivity contribution < 1.29 is 14.7 Å². The topological polar surface area (TPSA) is 58.9 Å². The van der Waals surface area contributed by atoms with Gasteiger partial charge in [-0.15, -0.1) is 0 Å². The second-order valence-electron chi connectivity index (χ2n) is 3.79. The monoisotopic (exact) mass is 289 g/mol. The first-order valence-corrected chi connectivity index (χ1v) is 5.99. The van der Waals surface area contributed by atoms with Crippen LogP contribution in [0.15, 0.2) is 23.4 Å². The average molecular weight is 290 g/mol. The summed E-state index contributed by atoms with van der Waals surface area (Å²) in [6.45, 7) is 1.76. The molecule has 0 saturated carbocycles. The van der Waals surface area contributed by atoms with Gasteiger partial charge in [-0.3, -0.25) is 4.79 Å². The largest absolute Gasteiger partial charge is 0.481 e. The zero-order valence-corrected chi connectivity index (χ0v) is 11.5. The number of aliphatic carboxylic acids is 1. The van der Waals surface area contributed by atoms with Gasteiger partial charge in [0, 0.05) is 11.5 Å². The van der Waals surface area contributed by atoms with Gasteiger partial charge >= 0.3 is 5.97 Å². The molecule has 18 heavy (non-hydrogen) atoms. The molecule has 98 valence electrons. The van der Waals surface area contributed by atoms with Crippen molar-refractivity contribution in [1.29, 1.82) is 0 Å². The summed E-state index contributed by atoms with van der Waals surface area (Å²) in [4.78, 5) is 15.5. The summed E-state index contributed by atoms with van der Waals surface area (Å²) in [5.74, 6) is -1.19. The third-order valence-corrected chi connectivity index (χ3v) is 3.09. The Balaban J connectivity index is 3.08. The highest BCUT2D eigenvalue weighted by atomic mass is 35.5. The van der Waals surface area contributed by atoms with Gasteiger partial charge in [-0.05, 0) is 12.1 Å². The summed E-state index contributed by atoms with van der Waals surface area (Å²) >= 11 is 11.8. The molecule has 1 rings (SSSR count). The molecular formula is C12H13Cl2NO3. The Morgan fingerprint density at radius 2 is 2.11 bits per heavy atom. The third-order valence-electron chi connectivity index (χ3n) is 2.35. The van der Waals surface area contributed by atoms with Crippen molar-refractivity contribution >= 4 is 34.9 Å². The third kappa shape index (κ3) is 3.89. The van der Waals surface area contributed by atoms with Crippen molar-refractivity contribution in [2.45, 2.75) is 13.3 Å². The zero-order valence-electron chi connectivity index (χ0n) is 9.98. The fourth-order valence-electron chi connectivity index (χ4n) is 1.54. The molecule has 1 unspecified atom stereocenters. The number of oxime groups is 1. The van der Waals surface area contributed by atoms with Gasteiger partial charge < -0.3 is 9.94 Å².